The number of furan rings is 1. The minimum atomic E-state index is -0.483. The van der Waals surface area contributed by atoms with Gasteiger partial charge in [-0.3, -0.25) is 9.59 Å². The van der Waals surface area contributed by atoms with Gasteiger partial charge in [-0.15, -0.1) is 0 Å². The molecule has 0 saturated carbocycles. The maximum atomic E-state index is 11.2. The van der Waals surface area contributed by atoms with Crippen molar-refractivity contribution in [3.63, 3.8) is 0 Å². The number of ketones is 2. The van der Waals surface area contributed by atoms with E-state index >= 15 is 0 Å². The summed E-state index contributed by atoms with van der Waals surface area (Å²) in [6.07, 6.45) is 2.75. The fourth-order valence-corrected chi connectivity index (χ4v) is 1.19. The van der Waals surface area contributed by atoms with E-state index in [1.807, 2.05) is 0 Å². The molecule has 0 aliphatic heterocycles. The molecule has 0 radical (unpaired) electrons. The second-order valence-corrected chi connectivity index (χ2v) is 2.66. The molecule has 0 spiro atoms. The lowest BCUT2D eigenvalue weighted by Gasteiger charge is -1.98. The molecular formula is C9H6O3. The van der Waals surface area contributed by atoms with Crippen molar-refractivity contribution in [1.82, 2.24) is 0 Å². The van der Waals surface area contributed by atoms with Gasteiger partial charge in [0, 0.05) is 0 Å². The monoisotopic (exact) mass is 162 g/mol. The van der Waals surface area contributed by atoms with Crippen LogP contribution in [0, 0.1) is 6.92 Å². The predicted molar refractivity (Wildman–Crippen MR) is 41.8 cm³/mol. The number of carbonyl (C=O) groups is 2. The Kier molecular flexibility index (Phi) is 1.27. The minimum absolute atomic E-state index is 0.375. The van der Waals surface area contributed by atoms with Crippen LogP contribution in [-0.2, 0) is 4.79 Å². The van der Waals surface area contributed by atoms with Crippen molar-refractivity contribution >= 4 is 17.6 Å². The van der Waals surface area contributed by atoms with Gasteiger partial charge in [-0.2, -0.15) is 0 Å². The van der Waals surface area contributed by atoms with Crippen molar-refractivity contribution in [3.05, 3.63) is 29.2 Å². The van der Waals surface area contributed by atoms with Gasteiger partial charge < -0.3 is 4.42 Å². The Hall–Kier alpha value is -1.64. The molecule has 12 heavy (non-hydrogen) atoms. The number of hydrogen-bond acceptors (Lipinski definition) is 3. The molecule has 1 aliphatic rings. The average molecular weight is 162 g/mol. The van der Waals surface area contributed by atoms with Crippen LogP contribution in [0.4, 0.5) is 0 Å². The van der Waals surface area contributed by atoms with Crippen molar-refractivity contribution in [2.24, 2.45) is 0 Å². The van der Waals surface area contributed by atoms with Crippen LogP contribution in [0.2, 0.25) is 0 Å². The molecule has 0 bridgehead atoms. The first-order valence-electron chi connectivity index (χ1n) is 3.55. The molecule has 0 saturated heterocycles. The SMILES string of the molecule is Cc1cc2c(o1)C=CC(=O)C2=O. The Morgan fingerprint density at radius 3 is 2.75 bits per heavy atom. The van der Waals surface area contributed by atoms with E-state index in [1.54, 1.807) is 13.0 Å². The van der Waals surface area contributed by atoms with E-state index in [0.717, 1.165) is 0 Å². The first kappa shape index (κ1) is 7.03. The highest BCUT2D eigenvalue weighted by Crippen LogP contribution is 2.20. The van der Waals surface area contributed by atoms with Gasteiger partial charge in [-0.1, -0.05) is 0 Å². The number of fused-ring (bicyclic) bond motifs is 1. The molecule has 3 nitrogen and oxygen atoms in total. The smallest absolute Gasteiger partial charge is 0.236 e. The summed E-state index contributed by atoms with van der Waals surface area (Å²) >= 11 is 0. The Bertz CT molecular complexity index is 396. The van der Waals surface area contributed by atoms with Gasteiger partial charge >= 0.3 is 0 Å². The number of rotatable bonds is 0. The zero-order chi connectivity index (χ0) is 8.72. The molecule has 1 aromatic rings. The first-order valence-corrected chi connectivity index (χ1v) is 3.55. The van der Waals surface area contributed by atoms with Crippen LogP contribution in [0.25, 0.3) is 6.08 Å². The zero-order valence-corrected chi connectivity index (χ0v) is 6.46. The van der Waals surface area contributed by atoms with Crippen LogP contribution in [0.1, 0.15) is 21.9 Å². The van der Waals surface area contributed by atoms with Gasteiger partial charge in [0.2, 0.25) is 11.6 Å². The van der Waals surface area contributed by atoms with E-state index < -0.39 is 11.6 Å². The molecule has 1 aliphatic carbocycles. The molecule has 0 fully saturated rings. The standard InChI is InChI=1S/C9H6O3/c1-5-4-6-8(12-5)3-2-7(10)9(6)11/h2-4H,1H3. The van der Waals surface area contributed by atoms with E-state index in [4.69, 9.17) is 4.42 Å². The summed E-state index contributed by atoms with van der Waals surface area (Å²) in [6, 6.07) is 1.58. The topological polar surface area (TPSA) is 47.3 Å². The fraction of sp³-hybridized carbons (Fsp3) is 0.111. The van der Waals surface area contributed by atoms with Gasteiger partial charge in [-0.05, 0) is 25.1 Å². The number of carbonyl (C=O) groups excluding carboxylic acids is 2. The number of Topliss-reactive ketones (excluding diaryl/α,β-unsaturated/α-hetero) is 1. The fourth-order valence-electron chi connectivity index (χ4n) is 1.19. The Balaban J connectivity index is 2.65. The summed E-state index contributed by atoms with van der Waals surface area (Å²) in [7, 11) is 0. The van der Waals surface area contributed by atoms with E-state index in [1.165, 1.54) is 12.2 Å². The second kappa shape index (κ2) is 2.17. The van der Waals surface area contributed by atoms with Gasteiger partial charge in [0.05, 0.1) is 5.56 Å². The third kappa shape index (κ3) is 0.830. The van der Waals surface area contributed by atoms with Crippen LogP contribution in [0.15, 0.2) is 16.6 Å². The van der Waals surface area contributed by atoms with Crippen LogP contribution >= 0.6 is 0 Å². The molecule has 0 unspecified atom stereocenters. The summed E-state index contributed by atoms with van der Waals surface area (Å²) < 4.78 is 5.16. The lowest BCUT2D eigenvalue weighted by molar-refractivity contribution is -0.110. The van der Waals surface area contributed by atoms with E-state index in [2.05, 4.69) is 0 Å². The van der Waals surface area contributed by atoms with Crippen molar-refractivity contribution < 1.29 is 14.0 Å². The second-order valence-electron chi connectivity index (χ2n) is 2.66. The van der Waals surface area contributed by atoms with Gasteiger partial charge in [0.15, 0.2) is 0 Å². The van der Waals surface area contributed by atoms with Crippen molar-refractivity contribution in [3.8, 4) is 0 Å². The zero-order valence-electron chi connectivity index (χ0n) is 6.46. The third-order valence-electron chi connectivity index (χ3n) is 1.74. The number of allylic oxidation sites excluding steroid dienone is 1. The van der Waals surface area contributed by atoms with Gasteiger partial charge in [-0.25, -0.2) is 0 Å². The molecule has 0 amide bonds. The summed E-state index contributed by atoms with van der Waals surface area (Å²) in [6.45, 7) is 1.74. The summed E-state index contributed by atoms with van der Waals surface area (Å²) in [4.78, 5) is 22.1. The quantitative estimate of drug-likeness (QED) is 0.541. The van der Waals surface area contributed by atoms with Gasteiger partial charge in [0.1, 0.15) is 11.5 Å². The summed E-state index contributed by atoms with van der Waals surface area (Å²) in [5.41, 5.74) is 0.375. The van der Waals surface area contributed by atoms with Crippen LogP contribution in [0.5, 0.6) is 0 Å². The molecule has 2 rings (SSSR count). The average Bonchev–Trinajstić information content (AvgIpc) is 2.39. The van der Waals surface area contributed by atoms with Crippen molar-refractivity contribution in [2.75, 3.05) is 0 Å². The van der Waals surface area contributed by atoms with Crippen LogP contribution in [0.3, 0.4) is 0 Å². The number of aryl methyl sites for hydroxylation is 1. The Morgan fingerprint density at radius 1 is 1.25 bits per heavy atom. The van der Waals surface area contributed by atoms with E-state index in [0.29, 0.717) is 17.1 Å². The minimum Gasteiger partial charge on any atom is -0.461 e. The van der Waals surface area contributed by atoms with Crippen molar-refractivity contribution in [2.45, 2.75) is 6.92 Å². The maximum absolute atomic E-state index is 11.2. The maximum Gasteiger partial charge on any atom is 0.236 e. The van der Waals surface area contributed by atoms with Gasteiger partial charge in [0.25, 0.3) is 0 Å². The predicted octanol–water partition coefficient (Wildman–Crippen LogP) is 1.37. The molecule has 1 aromatic heterocycles. The molecule has 3 heteroatoms. The molecule has 0 aromatic carbocycles. The normalized spacial score (nSPS) is 15.1. The molecule has 0 atom stereocenters. The highest BCUT2D eigenvalue weighted by molar-refractivity contribution is 6.49. The highest BCUT2D eigenvalue weighted by Gasteiger charge is 2.23. The van der Waals surface area contributed by atoms with Crippen LogP contribution < -0.4 is 0 Å². The van der Waals surface area contributed by atoms with E-state index in [9.17, 15) is 9.59 Å². The van der Waals surface area contributed by atoms with E-state index in [-0.39, 0.29) is 0 Å². The lowest BCUT2D eigenvalue weighted by atomic mass is 10.0. The number of hydrogen-bond donors (Lipinski definition) is 0. The van der Waals surface area contributed by atoms with Crippen LogP contribution in [-0.4, -0.2) is 11.6 Å². The highest BCUT2D eigenvalue weighted by atomic mass is 16.3. The Morgan fingerprint density at radius 2 is 2.00 bits per heavy atom. The third-order valence-corrected chi connectivity index (χ3v) is 1.74. The molecule has 60 valence electrons. The molecular weight excluding hydrogens is 156 g/mol. The summed E-state index contributed by atoms with van der Waals surface area (Å²) in [5.74, 6) is 0.164. The molecule has 1 heterocycles. The first-order chi connectivity index (χ1) is 5.68. The Labute approximate surface area is 68.7 Å². The molecule has 0 N–H and O–H groups in total. The largest absolute Gasteiger partial charge is 0.461 e. The van der Waals surface area contributed by atoms with Crippen molar-refractivity contribution in [1.29, 1.82) is 0 Å². The summed E-state index contributed by atoms with van der Waals surface area (Å²) in [5, 5.41) is 0. The lowest BCUT2D eigenvalue weighted by Crippen LogP contribution is -2.14.